The smallest absolute Gasteiger partial charge is 0.227 e. The summed E-state index contributed by atoms with van der Waals surface area (Å²) in [5, 5.41) is 8.51. The van der Waals surface area contributed by atoms with Crippen LogP contribution in [0.25, 0.3) is 0 Å². The standard InChI is InChI=1S/C16H21FN4O/c1-11-7-14(12-5-4-6-13(17)8-12)21(9-11)16-19-18-15(10-22-3)20(16)2/h4-6,8,11,14H,7,9-10H2,1-3H3. The van der Waals surface area contributed by atoms with E-state index in [0.717, 1.165) is 30.3 Å². The molecule has 2 heterocycles. The number of ether oxygens (including phenoxy) is 1. The number of halogens is 1. The first-order chi connectivity index (χ1) is 10.6. The van der Waals surface area contributed by atoms with Crippen molar-refractivity contribution in [3.05, 3.63) is 41.5 Å². The van der Waals surface area contributed by atoms with Crippen LogP contribution in [-0.4, -0.2) is 28.4 Å². The van der Waals surface area contributed by atoms with Crippen molar-refractivity contribution < 1.29 is 9.13 Å². The summed E-state index contributed by atoms with van der Waals surface area (Å²) >= 11 is 0. The van der Waals surface area contributed by atoms with Crippen molar-refractivity contribution in [3.63, 3.8) is 0 Å². The van der Waals surface area contributed by atoms with Crippen LogP contribution in [0, 0.1) is 11.7 Å². The Hall–Kier alpha value is -1.95. The van der Waals surface area contributed by atoms with Gasteiger partial charge in [-0.25, -0.2) is 4.39 Å². The summed E-state index contributed by atoms with van der Waals surface area (Å²) in [6, 6.07) is 6.96. The van der Waals surface area contributed by atoms with Crippen LogP contribution in [0.3, 0.4) is 0 Å². The highest BCUT2D eigenvalue weighted by Crippen LogP contribution is 2.38. The van der Waals surface area contributed by atoms with E-state index in [0.29, 0.717) is 12.5 Å². The van der Waals surface area contributed by atoms with Crippen molar-refractivity contribution in [1.29, 1.82) is 0 Å². The summed E-state index contributed by atoms with van der Waals surface area (Å²) in [6.45, 7) is 3.52. The van der Waals surface area contributed by atoms with Gasteiger partial charge in [-0.1, -0.05) is 19.1 Å². The number of benzene rings is 1. The Bertz CT molecular complexity index is 657. The van der Waals surface area contributed by atoms with Crippen LogP contribution in [0.15, 0.2) is 24.3 Å². The first kappa shape index (κ1) is 15.0. The number of nitrogens with zero attached hydrogens (tertiary/aromatic N) is 4. The van der Waals surface area contributed by atoms with E-state index >= 15 is 0 Å². The summed E-state index contributed by atoms with van der Waals surface area (Å²) in [5.41, 5.74) is 0.987. The lowest BCUT2D eigenvalue weighted by molar-refractivity contribution is 0.175. The summed E-state index contributed by atoms with van der Waals surface area (Å²) < 4.78 is 20.7. The molecule has 1 saturated heterocycles. The van der Waals surface area contributed by atoms with Crippen LogP contribution < -0.4 is 4.90 Å². The SMILES string of the molecule is COCc1nnc(N2CC(C)CC2c2cccc(F)c2)n1C. The molecule has 1 aliphatic rings. The first-order valence-electron chi connectivity index (χ1n) is 7.49. The lowest BCUT2D eigenvalue weighted by atomic mass is 10.0. The predicted molar refractivity (Wildman–Crippen MR) is 82.0 cm³/mol. The average Bonchev–Trinajstić information content (AvgIpc) is 3.03. The van der Waals surface area contributed by atoms with Crippen LogP contribution in [0.5, 0.6) is 0 Å². The molecule has 0 aliphatic carbocycles. The molecule has 0 N–H and O–H groups in total. The van der Waals surface area contributed by atoms with E-state index in [1.807, 2.05) is 17.7 Å². The quantitative estimate of drug-likeness (QED) is 0.871. The molecule has 0 amide bonds. The normalized spacial score (nSPS) is 21.5. The number of rotatable bonds is 4. The van der Waals surface area contributed by atoms with Crippen molar-refractivity contribution >= 4 is 5.95 Å². The summed E-state index contributed by atoms with van der Waals surface area (Å²) in [6.07, 6.45) is 0.982. The van der Waals surface area contributed by atoms with Gasteiger partial charge in [0, 0.05) is 20.7 Å². The second-order valence-electron chi connectivity index (χ2n) is 5.97. The second-order valence-corrected chi connectivity index (χ2v) is 5.97. The molecule has 22 heavy (non-hydrogen) atoms. The second kappa shape index (κ2) is 6.04. The fraction of sp³-hybridized carbons (Fsp3) is 0.500. The summed E-state index contributed by atoms with van der Waals surface area (Å²) in [5.74, 6) is 1.92. The van der Waals surface area contributed by atoms with Crippen molar-refractivity contribution in [2.24, 2.45) is 13.0 Å². The van der Waals surface area contributed by atoms with E-state index in [1.165, 1.54) is 6.07 Å². The van der Waals surface area contributed by atoms with Gasteiger partial charge in [-0.15, -0.1) is 10.2 Å². The molecule has 6 heteroatoms. The summed E-state index contributed by atoms with van der Waals surface area (Å²) in [4.78, 5) is 2.21. The van der Waals surface area contributed by atoms with Crippen LogP contribution in [-0.2, 0) is 18.4 Å². The molecule has 3 rings (SSSR count). The maximum atomic E-state index is 13.6. The number of anilines is 1. The molecular weight excluding hydrogens is 283 g/mol. The topological polar surface area (TPSA) is 43.2 Å². The van der Waals surface area contributed by atoms with Gasteiger partial charge in [0.2, 0.25) is 5.95 Å². The zero-order valence-corrected chi connectivity index (χ0v) is 13.2. The molecule has 1 aliphatic heterocycles. The minimum Gasteiger partial charge on any atom is -0.377 e. The van der Waals surface area contributed by atoms with E-state index in [2.05, 4.69) is 22.0 Å². The maximum Gasteiger partial charge on any atom is 0.227 e. The zero-order valence-electron chi connectivity index (χ0n) is 13.2. The minimum atomic E-state index is -0.199. The molecule has 118 valence electrons. The molecule has 0 bridgehead atoms. The molecule has 1 fully saturated rings. The van der Waals surface area contributed by atoms with E-state index in [1.54, 1.807) is 19.2 Å². The Labute approximate surface area is 129 Å². The minimum absolute atomic E-state index is 0.129. The van der Waals surface area contributed by atoms with Crippen LogP contribution in [0.1, 0.15) is 30.8 Å². The molecule has 1 aromatic carbocycles. The van der Waals surface area contributed by atoms with Gasteiger partial charge in [-0.3, -0.25) is 4.57 Å². The highest BCUT2D eigenvalue weighted by molar-refractivity contribution is 5.39. The zero-order chi connectivity index (χ0) is 15.7. The third-order valence-electron chi connectivity index (χ3n) is 4.22. The van der Waals surface area contributed by atoms with Crippen LogP contribution in [0.2, 0.25) is 0 Å². The fourth-order valence-corrected chi connectivity index (χ4v) is 3.15. The van der Waals surface area contributed by atoms with Gasteiger partial charge < -0.3 is 9.64 Å². The van der Waals surface area contributed by atoms with Gasteiger partial charge in [0.15, 0.2) is 5.82 Å². The van der Waals surface area contributed by atoms with Gasteiger partial charge in [-0.2, -0.15) is 0 Å². The molecule has 2 unspecified atom stereocenters. The highest BCUT2D eigenvalue weighted by atomic mass is 19.1. The Kier molecular flexibility index (Phi) is 4.11. The predicted octanol–water partition coefficient (Wildman–Crippen LogP) is 2.69. The number of methoxy groups -OCH3 is 1. The van der Waals surface area contributed by atoms with Crippen molar-refractivity contribution in [3.8, 4) is 0 Å². The van der Waals surface area contributed by atoms with Gasteiger partial charge in [-0.05, 0) is 30.0 Å². The Morgan fingerprint density at radius 3 is 2.91 bits per heavy atom. The molecule has 2 atom stereocenters. The van der Waals surface area contributed by atoms with Gasteiger partial charge in [0.05, 0.1) is 6.04 Å². The van der Waals surface area contributed by atoms with Gasteiger partial charge >= 0.3 is 0 Å². The average molecular weight is 304 g/mol. The monoisotopic (exact) mass is 304 g/mol. The lowest BCUT2D eigenvalue weighted by Gasteiger charge is -2.25. The van der Waals surface area contributed by atoms with E-state index in [-0.39, 0.29) is 11.9 Å². The molecule has 0 radical (unpaired) electrons. The molecule has 1 aromatic heterocycles. The van der Waals surface area contributed by atoms with Crippen molar-refractivity contribution in [1.82, 2.24) is 14.8 Å². The van der Waals surface area contributed by atoms with Gasteiger partial charge in [0.25, 0.3) is 0 Å². The number of hydrogen-bond donors (Lipinski definition) is 0. The lowest BCUT2D eigenvalue weighted by Crippen LogP contribution is -2.26. The van der Waals surface area contributed by atoms with Crippen molar-refractivity contribution in [2.75, 3.05) is 18.6 Å². The fourth-order valence-electron chi connectivity index (χ4n) is 3.15. The Morgan fingerprint density at radius 2 is 2.18 bits per heavy atom. The van der Waals surface area contributed by atoms with E-state index < -0.39 is 0 Å². The molecular formula is C16H21FN4O. The van der Waals surface area contributed by atoms with Gasteiger partial charge in [0.1, 0.15) is 12.4 Å². The molecule has 0 spiro atoms. The first-order valence-corrected chi connectivity index (χ1v) is 7.49. The van der Waals surface area contributed by atoms with E-state index in [9.17, 15) is 4.39 Å². The number of hydrogen-bond acceptors (Lipinski definition) is 4. The van der Waals surface area contributed by atoms with Crippen LogP contribution >= 0.6 is 0 Å². The van der Waals surface area contributed by atoms with E-state index in [4.69, 9.17) is 4.74 Å². The van der Waals surface area contributed by atoms with Crippen LogP contribution in [0.4, 0.5) is 10.3 Å². The third-order valence-corrected chi connectivity index (χ3v) is 4.22. The Balaban J connectivity index is 1.94. The third kappa shape index (κ3) is 2.70. The largest absolute Gasteiger partial charge is 0.377 e. The van der Waals surface area contributed by atoms with Crippen molar-refractivity contribution in [2.45, 2.75) is 26.0 Å². The highest BCUT2D eigenvalue weighted by Gasteiger charge is 2.34. The maximum absolute atomic E-state index is 13.6. The molecule has 5 nitrogen and oxygen atoms in total. The Morgan fingerprint density at radius 1 is 1.36 bits per heavy atom. The summed E-state index contributed by atoms with van der Waals surface area (Å²) in [7, 11) is 3.58. The molecule has 0 saturated carbocycles. The number of aromatic nitrogens is 3. The molecule has 2 aromatic rings.